The number of hydrogen-bond acceptors (Lipinski definition) is 3. The van der Waals surface area contributed by atoms with Crippen molar-refractivity contribution in [1.29, 1.82) is 5.26 Å². The molecular weight excluding hydrogens is 208 g/mol. The number of nitrogens with zero attached hydrogens (tertiary/aromatic N) is 2. The van der Waals surface area contributed by atoms with E-state index in [4.69, 9.17) is 5.26 Å². The maximum absolute atomic E-state index is 11.6. The molecule has 1 saturated heterocycles. The molecule has 3 nitrogen and oxygen atoms in total. The summed E-state index contributed by atoms with van der Waals surface area (Å²) >= 11 is 1.42. The van der Waals surface area contributed by atoms with Gasteiger partial charge in [-0.1, -0.05) is 0 Å². The van der Waals surface area contributed by atoms with Crippen LogP contribution >= 0.6 is 11.3 Å². The number of likely N-dealkylation sites (tertiary alicyclic amines) is 1. The summed E-state index contributed by atoms with van der Waals surface area (Å²) in [5.41, 5.74) is 1.04. The van der Waals surface area contributed by atoms with Crippen molar-refractivity contribution in [3.63, 3.8) is 0 Å². The topological polar surface area (TPSA) is 44.1 Å². The van der Waals surface area contributed by atoms with Gasteiger partial charge in [0.2, 0.25) is 5.91 Å². The van der Waals surface area contributed by atoms with Gasteiger partial charge in [-0.15, -0.1) is 11.3 Å². The van der Waals surface area contributed by atoms with Crippen molar-refractivity contribution >= 4 is 17.2 Å². The van der Waals surface area contributed by atoms with Gasteiger partial charge in [-0.3, -0.25) is 4.79 Å². The van der Waals surface area contributed by atoms with E-state index in [1.54, 1.807) is 4.90 Å². The third-order valence-corrected chi connectivity index (χ3v) is 3.43. The lowest BCUT2D eigenvalue weighted by molar-refractivity contribution is -0.130. The molecule has 0 N–H and O–H groups in total. The van der Waals surface area contributed by atoms with Gasteiger partial charge >= 0.3 is 0 Å². The van der Waals surface area contributed by atoms with Crippen LogP contribution in [0.3, 0.4) is 0 Å². The summed E-state index contributed by atoms with van der Waals surface area (Å²) in [4.78, 5) is 14.1. The molecule has 1 aliphatic heterocycles. The molecule has 0 spiro atoms. The average Bonchev–Trinajstić information content (AvgIpc) is 2.80. The first kappa shape index (κ1) is 10.2. The molecule has 1 radical (unpaired) electrons. The first-order chi connectivity index (χ1) is 7.20. The Morgan fingerprint density at radius 2 is 2.53 bits per heavy atom. The lowest BCUT2D eigenvalue weighted by Gasteiger charge is -2.14. The third-order valence-electron chi connectivity index (χ3n) is 2.55. The molecule has 2 heterocycles. The number of carbonyl (C=O) groups excluding carboxylic acids is 1. The maximum atomic E-state index is 11.6. The Morgan fingerprint density at radius 3 is 3.07 bits per heavy atom. The molecule has 0 aliphatic carbocycles. The fraction of sp³-hybridized carbons (Fsp3) is 0.364. The van der Waals surface area contributed by atoms with E-state index < -0.39 is 0 Å². The highest BCUT2D eigenvalue weighted by Gasteiger charge is 2.27. The molecule has 77 valence electrons. The molecule has 1 atom stereocenters. The van der Waals surface area contributed by atoms with Gasteiger partial charge < -0.3 is 4.90 Å². The zero-order chi connectivity index (χ0) is 10.8. The predicted octanol–water partition coefficient (Wildman–Crippen LogP) is 1.80. The fourth-order valence-corrected chi connectivity index (χ4v) is 2.39. The summed E-state index contributed by atoms with van der Waals surface area (Å²) in [6, 6.07) is 3.94. The van der Waals surface area contributed by atoms with E-state index in [0.29, 0.717) is 11.4 Å². The van der Waals surface area contributed by atoms with Gasteiger partial charge in [0.15, 0.2) is 0 Å². The average molecular weight is 219 g/mol. The Kier molecular flexibility index (Phi) is 2.74. The van der Waals surface area contributed by atoms with Crippen molar-refractivity contribution in [1.82, 2.24) is 4.90 Å². The lowest BCUT2D eigenvalue weighted by Crippen LogP contribution is -2.25. The van der Waals surface area contributed by atoms with Gasteiger partial charge in [-0.2, -0.15) is 5.26 Å². The van der Waals surface area contributed by atoms with E-state index in [0.717, 1.165) is 18.5 Å². The minimum atomic E-state index is -0.0842. The molecule has 4 heteroatoms. The van der Waals surface area contributed by atoms with E-state index in [9.17, 15) is 4.79 Å². The summed E-state index contributed by atoms with van der Waals surface area (Å²) in [5, 5.41) is 10.6. The Bertz CT molecular complexity index is 418. The van der Waals surface area contributed by atoms with Crippen molar-refractivity contribution in [2.24, 2.45) is 5.92 Å². The van der Waals surface area contributed by atoms with Crippen LogP contribution in [0.5, 0.6) is 0 Å². The SMILES string of the molecule is [CH2][C@H]1CCN(Cc2csc(C#N)c2)C1=O. The highest BCUT2D eigenvalue weighted by Crippen LogP contribution is 2.21. The summed E-state index contributed by atoms with van der Waals surface area (Å²) in [5.74, 6) is 0.0405. The van der Waals surface area contributed by atoms with Crippen LogP contribution in [0, 0.1) is 24.2 Å². The molecule has 0 unspecified atom stereocenters. The summed E-state index contributed by atoms with van der Waals surface area (Å²) in [6.45, 7) is 5.19. The van der Waals surface area contributed by atoms with E-state index in [-0.39, 0.29) is 11.8 Å². The zero-order valence-corrected chi connectivity index (χ0v) is 9.09. The molecule has 0 aromatic carbocycles. The van der Waals surface area contributed by atoms with Crippen LogP contribution in [0.15, 0.2) is 11.4 Å². The first-order valence-electron chi connectivity index (χ1n) is 4.80. The standard InChI is InChI=1S/C11H11N2OS/c1-8-2-3-13(11(8)14)6-9-4-10(5-12)15-7-9/h4,7-8H,1-3,6H2/t8-/m0/s1. The molecule has 1 fully saturated rings. The number of thiophene rings is 1. The minimum absolute atomic E-state index is 0.0842. The molecule has 0 bridgehead atoms. The number of amides is 1. The van der Waals surface area contributed by atoms with Crippen LogP contribution in [0.4, 0.5) is 0 Å². The van der Waals surface area contributed by atoms with Crippen molar-refractivity contribution in [2.45, 2.75) is 13.0 Å². The van der Waals surface area contributed by atoms with Crippen molar-refractivity contribution in [3.8, 4) is 6.07 Å². The van der Waals surface area contributed by atoms with Gasteiger partial charge in [-0.25, -0.2) is 0 Å². The molecule has 1 aromatic heterocycles. The van der Waals surface area contributed by atoms with E-state index in [1.165, 1.54) is 11.3 Å². The predicted molar refractivity (Wildman–Crippen MR) is 57.9 cm³/mol. The van der Waals surface area contributed by atoms with Crippen LogP contribution in [0.25, 0.3) is 0 Å². The molecule has 15 heavy (non-hydrogen) atoms. The second-order valence-electron chi connectivity index (χ2n) is 3.68. The maximum Gasteiger partial charge on any atom is 0.226 e. The van der Waals surface area contributed by atoms with Crippen molar-refractivity contribution in [2.75, 3.05) is 6.54 Å². The largest absolute Gasteiger partial charge is 0.338 e. The Hall–Kier alpha value is -1.34. The fourth-order valence-electron chi connectivity index (χ4n) is 1.70. The number of carbonyl (C=O) groups is 1. The van der Waals surface area contributed by atoms with Crippen LogP contribution in [-0.2, 0) is 11.3 Å². The van der Waals surface area contributed by atoms with Crippen LogP contribution in [0.2, 0.25) is 0 Å². The number of rotatable bonds is 2. The summed E-state index contributed by atoms with van der Waals surface area (Å²) < 4.78 is 0. The highest BCUT2D eigenvalue weighted by molar-refractivity contribution is 7.10. The minimum Gasteiger partial charge on any atom is -0.338 e. The van der Waals surface area contributed by atoms with Crippen LogP contribution < -0.4 is 0 Å². The molecule has 2 rings (SSSR count). The summed E-state index contributed by atoms with van der Waals surface area (Å²) in [7, 11) is 0. The molecule has 1 aromatic rings. The summed E-state index contributed by atoms with van der Waals surface area (Å²) in [6.07, 6.45) is 0.841. The smallest absolute Gasteiger partial charge is 0.226 e. The van der Waals surface area contributed by atoms with Gasteiger partial charge in [0, 0.05) is 19.0 Å². The molecular formula is C11H11N2OS. The third kappa shape index (κ3) is 2.02. The molecule has 0 saturated carbocycles. The van der Waals surface area contributed by atoms with Crippen LogP contribution in [0.1, 0.15) is 16.9 Å². The van der Waals surface area contributed by atoms with Gasteiger partial charge in [0.25, 0.3) is 0 Å². The van der Waals surface area contributed by atoms with Gasteiger partial charge in [0.05, 0.1) is 0 Å². The van der Waals surface area contributed by atoms with E-state index in [2.05, 4.69) is 13.0 Å². The lowest BCUT2D eigenvalue weighted by atomic mass is 10.1. The quantitative estimate of drug-likeness (QED) is 0.761. The second kappa shape index (κ2) is 4.03. The normalized spacial score (nSPS) is 20.7. The van der Waals surface area contributed by atoms with Gasteiger partial charge in [-0.05, 0) is 30.4 Å². The number of hydrogen-bond donors (Lipinski definition) is 0. The second-order valence-corrected chi connectivity index (χ2v) is 4.59. The van der Waals surface area contributed by atoms with Crippen molar-refractivity contribution < 1.29 is 4.79 Å². The molecule has 1 amide bonds. The van der Waals surface area contributed by atoms with E-state index >= 15 is 0 Å². The molecule has 1 aliphatic rings. The van der Waals surface area contributed by atoms with Crippen molar-refractivity contribution in [3.05, 3.63) is 28.8 Å². The zero-order valence-electron chi connectivity index (χ0n) is 8.27. The Labute approximate surface area is 92.9 Å². The van der Waals surface area contributed by atoms with E-state index in [1.807, 2.05) is 11.4 Å². The highest BCUT2D eigenvalue weighted by atomic mass is 32.1. The van der Waals surface area contributed by atoms with Crippen LogP contribution in [-0.4, -0.2) is 17.4 Å². The van der Waals surface area contributed by atoms with Gasteiger partial charge in [0.1, 0.15) is 10.9 Å². The first-order valence-corrected chi connectivity index (χ1v) is 5.68. The number of nitriles is 1. The Balaban J connectivity index is 2.04. The monoisotopic (exact) mass is 219 g/mol. The Morgan fingerprint density at radius 1 is 1.73 bits per heavy atom.